The Morgan fingerprint density at radius 1 is 1.00 bits per heavy atom. The van der Waals surface area contributed by atoms with Gasteiger partial charge in [0.2, 0.25) is 11.9 Å². The summed E-state index contributed by atoms with van der Waals surface area (Å²) in [6.45, 7) is 3.26. The zero-order chi connectivity index (χ0) is 25.5. The number of nitrogens with one attached hydrogen (secondary N) is 2. The summed E-state index contributed by atoms with van der Waals surface area (Å²) in [6.07, 6.45) is 1.91. The van der Waals surface area contributed by atoms with E-state index in [0.717, 1.165) is 48.8 Å². The maximum absolute atomic E-state index is 12.5. The van der Waals surface area contributed by atoms with Crippen LogP contribution in [0.4, 0.5) is 23.0 Å². The minimum absolute atomic E-state index is 0.177. The number of amides is 1. The molecule has 0 unspecified atom stereocenters. The van der Waals surface area contributed by atoms with Crippen molar-refractivity contribution in [3.63, 3.8) is 0 Å². The summed E-state index contributed by atoms with van der Waals surface area (Å²) < 4.78 is 5.42. The van der Waals surface area contributed by atoms with Crippen LogP contribution in [0.2, 0.25) is 0 Å². The molecule has 1 aromatic heterocycles. The third-order valence-electron chi connectivity index (χ3n) is 6.07. The second-order valence-corrected chi connectivity index (χ2v) is 8.62. The molecule has 8 nitrogen and oxygen atoms in total. The van der Waals surface area contributed by atoms with Gasteiger partial charge in [-0.05, 0) is 48.0 Å². The van der Waals surface area contributed by atoms with Crippen LogP contribution in [0.15, 0.2) is 85.1 Å². The van der Waals surface area contributed by atoms with E-state index >= 15 is 0 Å². The SMILES string of the molecule is N#Cc1cc(-c2ccnc(Nc3ccc(N4CCOCC4)cc3)n2)ccc1NC(=O)Cc1ccccc1. The van der Waals surface area contributed by atoms with Crippen LogP contribution in [0.25, 0.3) is 11.3 Å². The normalized spacial score (nSPS) is 13.0. The van der Waals surface area contributed by atoms with Crippen molar-refractivity contribution in [3.8, 4) is 17.3 Å². The van der Waals surface area contributed by atoms with Crippen LogP contribution in [0.5, 0.6) is 0 Å². The summed E-state index contributed by atoms with van der Waals surface area (Å²) in [5.41, 5.74) is 5.20. The fourth-order valence-corrected chi connectivity index (χ4v) is 4.17. The molecule has 3 aromatic carbocycles. The number of ether oxygens (including phenoxy) is 1. The van der Waals surface area contributed by atoms with Gasteiger partial charge in [0.25, 0.3) is 0 Å². The van der Waals surface area contributed by atoms with Gasteiger partial charge in [-0.3, -0.25) is 4.79 Å². The predicted molar refractivity (Wildman–Crippen MR) is 144 cm³/mol. The van der Waals surface area contributed by atoms with E-state index < -0.39 is 0 Å². The molecule has 1 aliphatic heterocycles. The van der Waals surface area contributed by atoms with Crippen molar-refractivity contribution in [2.75, 3.05) is 41.8 Å². The molecule has 1 saturated heterocycles. The first kappa shape index (κ1) is 24.0. The lowest BCUT2D eigenvalue weighted by Gasteiger charge is -2.28. The van der Waals surface area contributed by atoms with E-state index in [1.165, 1.54) is 0 Å². The Kier molecular flexibility index (Phi) is 7.34. The van der Waals surface area contributed by atoms with Gasteiger partial charge in [-0.2, -0.15) is 5.26 Å². The van der Waals surface area contributed by atoms with Crippen molar-refractivity contribution in [1.82, 2.24) is 9.97 Å². The number of benzene rings is 3. The molecule has 0 saturated carbocycles. The molecule has 8 heteroatoms. The third kappa shape index (κ3) is 6.10. The van der Waals surface area contributed by atoms with Crippen molar-refractivity contribution in [1.29, 1.82) is 5.26 Å². The summed E-state index contributed by atoms with van der Waals surface area (Å²) in [7, 11) is 0. The number of hydrogen-bond acceptors (Lipinski definition) is 7. The van der Waals surface area contributed by atoms with Crippen LogP contribution < -0.4 is 15.5 Å². The molecule has 2 heterocycles. The minimum atomic E-state index is -0.177. The van der Waals surface area contributed by atoms with Crippen LogP contribution in [-0.2, 0) is 16.0 Å². The Hall–Kier alpha value is -4.74. The van der Waals surface area contributed by atoms with Crippen molar-refractivity contribution < 1.29 is 9.53 Å². The molecule has 1 fully saturated rings. The number of morpholine rings is 1. The molecule has 5 rings (SSSR count). The van der Waals surface area contributed by atoms with E-state index in [9.17, 15) is 10.1 Å². The van der Waals surface area contributed by atoms with Gasteiger partial charge in [-0.1, -0.05) is 36.4 Å². The number of rotatable bonds is 7. The maximum atomic E-state index is 12.5. The highest BCUT2D eigenvalue weighted by Crippen LogP contribution is 2.26. The zero-order valence-corrected chi connectivity index (χ0v) is 20.2. The molecular formula is C29H26N6O2. The van der Waals surface area contributed by atoms with E-state index in [2.05, 4.69) is 43.7 Å². The highest BCUT2D eigenvalue weighted by Gasteiger charge is 2.12. The highest BCUT2D eigenvalue weighted by molar-refractivity contribution is 5.94. The first-order chi connectivity index (χ1) is 18.2. The van der Waals surface area contributed by atoms with Gasteiger partial charge in [0.15, 0.2) is 0 Å². The zero-order valence-electron chi connectivity index (χ0n) is 20.2. The molecule has 0 spiro atoms. The summed E-state index contributed by atoms with van der Waals surface area (Å²) in [5.74, 6) is 0.277. The average Bonchev–Trinajstić information content (AvgIpc) is 2.95. The topological polar surface area (TPSA) is 103 Å². The van der Waals surface area contributed by atoms with Gasteiger partial charge in [-0.15, -0.1) is 0 Å². The Labute approximate surface area is 215 Å². The molecule has 37 heavy (non-hydrogen) atoms. The maximum Gasteiger partial charge on any atom is 0.228 e. The molecular weight excluding hydrogens is 464 g/mol. The Bertz CT molecular complexity index is 1410. The van der Waals surface area contributed by atoms with Gasteiger partial charge in [-0.25, -0.2) is 9.97 Å². The van der Waals surface area contributed by atoms with Crippen LogP contribution >= 0.6 is 0 Å². The van der Waals surface area contributed by atoms with Crippen molar-refractivity contribution in [3.05, 3.63) is 96.2 Å². The van der Waals surface area contributed by atoms with Gasteiger partial charge < -0.3 is 20.3 Å². The minimum Gasteiger partial charge on any atom is -0.378 e. The van der Waals surface area contributed by atoms with Gasteiger partial charge in [0.05, 0.1) is 36.6 Å². The van der Waals surface area contributed by atoms with Crippen molar-refractivity contribution >= 4 is 28.9 Å². The van der Waals surface area contributed by atoms with E-state index in [0.29, 0.717) is 22.9 Å². The lowest BCUT2D eigenvalue weighted by atomic mass is 10.1. The smallest absolute Gasteiger partial charge is 0.228 e. The fourth-order valence-electron chi connectivity index (χ4n) is 4.17. The predicted octanol–water partition coefficient (Wildman–Crippen LogP) is 4.78. The third-order valence-corrected chi connectivity index (χ3v) is 6.07. The number of carbonyl (C=O) groups is 1. The molecule has 0 atom stereocenters. The standard InChI is InChI=1S/C29H26N6O2/c30-20-23-19-22(6-11-26(23)33-28(36)18-21-4-2-1-3-5-21)27-12-13-31-29(34-27)32-24-7-9-25(10-8-24)35-14-16-37-17-15-35/h1-13,19H,14-18H2,(H,33,36)(H,31,32,34). The molecule has 1 aliphatic rings. The Balaban J connectivity index is 1.27. The molecule has 184 valence electrons. The number of carbonyl (C=O) groups excluding carboxylic acids is 1. The first-order valence-corrected chi connectivity index (χ1v) is 12.1. The Morgan fingerprint density at radius 3 is 2.54 bits per heavy atom. The number of nitrogens with zero attached hydrogens (tertiary/aromatic N) is 4. The van der Waals surface area contributed by atoms with Gasteiger partial charge in [0, 0.05) is 36.2 Å². The molecule has 2 N–H and O–H groups in total. The lowest BCUT2D eigenvalue weighted by Crippen LogP contribution is -2.36. The van der Waals surface area contributed by atoms with Crippen molar-refractivity contribution in [2.24, 2.45) is 0 Å². The van der Waals surface area contributed by atoms with Gasteiger partial charge >= 0.3 is 0 Å². The molecule has 0 bridgehead atoms. The lowest BCUT2D eigenvalue weighted by molar-refractivity contribution is -0.115. The summed E-state index contributed by atoms with van der Waals surface area (Å²) in [6, 6.07) is 26.9. The average molecular weight is 491 g/mol. The number of aromatic nitrogens is 2. The quantitative estimate of drug-likeness (QED) is 0.384. The van der Waals surface area contributed by atoms with E-state index in [1.807, 2.05) is 48.5 Å². The monoisotopic (exact) mass is 490 g/mol. The highest BCUT2D eigenvalue weighted by atomic mass is 16.5. The van der Waals surface area contributed by atoms with Crippen LogP contribution in [0.3, 0.4) is 0 Å². The first-order valence-electron chi connectivity index (χ1n) is 12.1. The van der Waals surface area contributed by atoms with Crippen LogP contribution in [-0.4, -0.2) is 42.2 Å². The van der Waals surface area contributed by atoms with E-state index in [4.69, 9.17) is 4.74 Å². The Morgan fingerprint density at radius 2 is 1.78 bits per heavy atom. The molecule has 0 radical (unpaired) electrons. The molecule has 1 amide bonds. The molecule has 4 aromatic rings. The second kappa shape index (κ2) is 11.3. The van der Waals surface area contributed by atoms with E-state index in [1.54, 1.807) is 24.4 Å². The fraction of sp³-hybridized carbons (Fsp3) is 0.172. The largest absolute Gasteiger partial charge is 0.378 e. The van der Waals surface area contributed by atoms with Crippen LogP contribution in [0.1, 0.15) is 11.1 Å². The van der Waals surface area contributed by atoms with Gasteiger partial charge in [0.1, 0.15) is 6.07 Å². The molecule has 0 aliphatic carbocycles. The number of hydrogen-bond donors (Lipinski definition) is 2. The summed E-state index contributed by atoms with van der Waals surface area (Å²) in [5, 5.41) is 15.8. The van der Waals surface area contributed by atoms with Crippen molar-refractivity contribution in [2.45, 2.75) is 6.42 Å². The number of anilines is 4. The summed E-state index contributed by atoms with van der Waals surface area (Å²) >= 11 is 0. The summed E-state index contributed by atoms with van der Waals surface area (Å²) in [4.78, 5) is 23.7. The number of nitriles is 1. The second-order valence-electron chi connectivity index (χ2n) is 8.62. The van der Waals surface area contributed by atoms with E-state index in [-0.39, 0.29) is 12.3 Å². The van der Waals surface area contributed by atoms with Crippen LogP contribution in [0, 0.1) is 11.3 Å².